The number of aromatic nitrogens is 6. The first kappa shape index (κ1) is 30.0. The molecule has 2 fully saturated rings. The van der Waals surface area contributed by atoms with Gasteiger partial charge < -0.3 is 24.4 Å². The molecule has 4 aromatic rings. The van der Waals surface area contributed by atoms with Gasteiger partial charge in [0.1, 0.15) is 29.7 Å². The van der Waals surface area contributed by atoms with Gasteiger partial charge >= 0.3 is 0 Å². The van der Waals surface area contributed by atoms with Crippen LogP contribution in [0.1, 0.15) is 19.8 Å². The molecule has 12 nitrogen and oxygen atoms in total. The lowest BCUT2D eigenvalue weighted by atomic mass is 10.0. The summed E-state index contributed by atoms with van der Waals surface area (Å²) < 4.78 is 34.2. The summed E-state index contributed by atoms with van der Waals surface area (Å²) in [6.07, 6.45) is 6.65. The lowest BCUT2D eigenvalue weighted by molar-refractivity contribution is 0.0115. The number of nitrogens with zero attached hydrogens (tertiary/aromatic N) is 8. The van der Waals surface area contributed by atoms with Crippen LogP contribution in [0, 0.1) is 5.82 Å². The molecule has 0 saturated carbocycles. The molecule has 4 heterocycles. The Morgan fingerprint density at radius 1 is 1.05 bits per heavy atom. The summed E-state index contributed by atoms with van der Waals surface area (Å²) in [5.74, 6) is 1.03. The minimum absolute atomic E-state index is 0.224. The third kappa shape index (κ3) is 7.01. The molecule has 0 amide bonds. The van der Waals surface area contributed by atoms with Gasteiger partial charge in [0.25, 0.3) is 0 Å². The Labute approximate surface area is 260 Å². The monoisotopic (exact) mass is 623 g/mol. The molecule has 0 bridgehead atoms. The van der Waals surface area contributed by atoms with Crippen molar-refractivity contribution in [3.05, 3.63) is 59.9 Å². The molecule has 2 aromatic heterocycles. The summed E-state index contributed by atoms with van der Waals surface area (Å²) >= 11 is 6.40. The average molecular weight is 624 g/mol. The Hall–Kier alpha value is -4.07. The van der Waals surface area contributed by atoms with Gasteiger partial charge in [-0.3, -0.25) is 4.90 Å². The van der Waals surface area contributed by atoms with Gasteiger partial charge in [0.2, 0.25) is 5.95 Å². The fourth-order valence-corrected chi connectivity index (χ4v) is 5.84. The number of ether oxygens (including phenoxy) is 3. The number of hydrogen-bond acceptors (Lipinski definition) is 11. The number of nitrogens with one attached hydrogen (secondary N) is 1. The molecule has 2 saturated heterocycles. The van der Waals surface area contributed by atoms with E-state index < -0.39 is 0 Å². The van der Waals surface area contributed by atoms with Gasteiger partial charge in [-0.05, 0) is 47.9 Å². The second-order valence-corrected chi connectivity index (χ2v) is 11.3. The molecule has 44 heavy (non-hydrogen) atoms. The molecule has 2 aromatic carbocycles. The largest absolute Gasteiger partial charge is 0.494 e. The molecular weight excluding hydrogens is 589 g/mol. The van der Waals surface area contributed by atoms with E-state index in [0.29, 0.717) is 46.4 Å². The third-order valence-corrected chi connectivity index (χ3v) is 8.28. The molecule has 2 aliphatic rings. The molecule has 232 valence electrons. The number of halogens is 2. The van der Waals surface area contributed by atoms with Gasteiger partial charge in [-0.2, -0.15) is 0 Å². The van der Waals surface area contributed by atoms with Crippen molar-refractivity contribution in [3.63, 3.8) is 0 Å². The molecule has 0 radical (unpaired) electrons. The van der Waals surface area contributed by atoms with E-state index >= 15 is 4.39 Å². The van der Waals surface area contributed by atoms with E-state index in [1.165, 1.54) is 12.4 Å². The smallest absolute Gasteiger partial charge is 0.227 e. The van der Waals surface area contributed by atoms with Crippen LogP contribution in [0.15, 0.2) is 49.1 Å². The Kier molecular flexibility index (Phi) is 9.34. The fraction of sp³-hybridized carbons (Fsp3) is 0.433. The van der Waals surface area contributed by atoms with Crippen molar-refractivity contribution >= 4 is 28.9 Å². The van der Waals surface area contributed by atoms with Crippen molar-refractivity contribution in [1.29, 1.82) is 0 Å². The van der Waals surface area contributed by atoms with Crippen LogP contribution in [0.3, 0.4) is 0 Å². The molecule has 0 aliphatic carbocycles. The van der Waals surface area contributed by atoms with Gasteiger partial charge in [-0.15, -0.1) is 5.10 Å². The van der Waals surface area contributed by atoms with Gasteiger partial charge in [0.15, 0.2) is 0 Å². The first-order chi connectivity index (χ1) is 21.5. The predicted octanol–water partition coefficient (Wildman–Crippen LogP) is 4.44. The molecular formula is C30H35ClFN9O3. The van der Waals surface area contributed by atoms with Gasteiger partial charge in [-0.25, -0.2) is 19.0 Å². The van der Waals surface area contributed by atoms with Crippen LogP contribution in [0.4, 0.5) is 21.7 Å². The summed E-state index contributed by atoms with van der Waals surface area (Å²) in [6.45, 7) is 7.46. The lowest BCUT2D eigenvalue weighted by Gasteiger charge is -2.41. The van der Waals surface area contributed by atoms with E-state index in [-0.39, 0.29) is 11.9 Å². The summed E-state index contributed by atoms with van der Waals surface area (Å²) in [7, 11) is 1.57. The molecule has 0 spiro atoms. The van der Waals surface area contributed by atoms with Gasteiger partial charge in [-0.1, -0.05) is 17.7 Å². The van der Waals surface area contributed by atoms with Crippen molar-refractivity contribution in [1.82, 2.24) is 35.1 Å². The number of anilines is 3. The van der Waals surface area contributed by atoms with E-state index in [1.807, 2.05) is 19.1 Å². The zero-order valence-electron chi connectivity index (χ0n) is 24.7. The highest BCUT2D eigenvalue weighted by Crippen LogP contribution is 2.36. The summed E-state index contributed by atoms with van der Waals surface area (Å²) in [4.78, 5) is 13.5. The molecule has 14 heteroatoms. The Morgan fingerprint density at radius 2 is 1.82 bits per heavy atom. The van der Waals surface area contributed by atoms with Crippen molar-refractivity contribution < 1.29 is 18.6 Å². The number of benzene rings is 2. The van der Waals surface area contributed by atoms with E-state index in [9.17, 15) is 0 Å². The van der Waals surface area contributed by atoms with E-state index in [0.717, 1.165) is 63.4 Å². The molecule has 6 rings (SSSR count). The molecule has 0 unspecified atom stereocenters. The van der Waals surface area contributed by atoms with Crippen LogP contribution in [-0.4, -0.2) is 93.7 Å². The summed E-state index contributed by atoms with van der Waals surface area (Å²) in [6, 6.07) is 9.18. The Bertz CT molecular complexity index is 1530. The quantitative estimate of drug-likeness (QED) is 0.270. The van der Waals surface area contributed by atoms with Crippen LogP contribution < -0.4 is 19.7 Å². The SMILES string of the molecule is COc1cc(N2CCC(N3CCOCC3)CC2)c(F)cc1Nc1ncc(-c2ccc(Cl)c(O[C@@H](C)Cn3cnnn3)c2)cn1. The lowest BCUT2D eigenvalue weighted by Crippen LogP contribution is -2.49. The Balaban J connectivity index is 1.11. The highest BCUT2D eigenvalue weighted by Gasteiger charge is 2.27. The number of hydrogen-bond donors (Lipinski definition) is 1. The summed E-state index contributed by atoms with van der Waals surface area (Å²) in [5, 5.41) is 14.7. The minimum atomic E-state index is -0.322. The number of rotatable bonds is 10. The zero-order valence-corrected chi connectivity index (χ0v) is 25.5. The van der Waals surface area contributed by atoms with Gasteiger partial charge in [0, 0.05) is 62.3 Å². The molecule has 1 N–H and O–H groups in total. The first-order valence-electron chi connectivity index (χ1n) is 14.7. The third-order valence-electron chi connectivity index (χ3n) is 7.96. The maximum atomic E-state index is 15.4. The Morgan fingerprint density at radius 3 is 2.52 bits per heavy atom. The average Bonchev–Trinajstić information content (AvgIpc) is 3.56. The van der Waals surface area contributed by atoms with Crippen LogP contribution in [0.2, 0.25) is 5.02 Å². The predicted molar refractivity (Wildman–Crippen MR) is 164 cm³/mol. The minimum Gasteiger partial charge on any atom is -0.494 e. The highest BCUT2D eigenvalue weighted by atomic mass is 35.5. The number of tetrazole rings is 1. The fourth-order valence-electron chi connectivity index (χ4n) is 5.68. The standard InChI is InChI=1S/C30H35ClFN9O3/c1-20(18-41-19-35-37-38-41)44-28-13-21(3-4-24(28)31)22-16-33-30(34-17-22)36-26-14-25(32)27(15-29(26)42-2)40-7-5-23(6-8-40)39-9-11-43-12-10-39/h3-4,13-17,19-20,23H,5-12,18H2,1-2H3,(H,33,34,36)/t20-/m0/s1. The van der Waals surface area contributed by atoms with Crippen LogP contribution in [0.5, 0.6) is 11.5 Å². The van der Waals surface area contributed by atoms with Crippen molar-refractivity contribution in [2.75, 3.05) is 56.7 Å². The highest BCUT2D eigenvalue weighted by molar-refractivity contribution is 6.32. The maximum absolute atomic E-state index is 15.4. The van der Waals surface area contributed by atoms with Crippen molar-refractivity contribution in [2.45, 2.75) is 38.5 Å². The second-order valence-electron chi connectivity index (χ2n) is 10.9. The van der Waals surface area contributed by atoms with Crippen molar-refractivity contribution in [3.8, 4) is 22.6 Å². The van der Waals surface area contributed by atoms with Gasteiger partial charge in [0.05, 0.1) is 43.3 Å². The van der Waals surface area contributed by atoms with Crippen molar-refractivity contribution in [2.24, 2.45) is 0 Å². The number of piperidine rings is 1. The molecule has 1 atom stereocenters. The van der Waals surface area contributed by atoms with E-state index in [1.54, 1.807) is 36.3 Å². The molecule has 2 aliphatic heterocycles. The van der Waals surface area contributed by atoms with E-state index in [4.69, 9.17) is 25.8 Å². The van der Waals surface area contributed by atoms with Crippen LogP contribution >= 0.6 is 11.6 Å². The normalized spacial score (nSPS) is 17.0. The maximum Gasteiger partial charge on any atom is 0.227 e. The summed E-state index contributed by atoms with van der Waals surface area (Å²) in [5.41, 5.74) is 2.58. The second kappa shape index (κ2) is 13.7. The van der Waals surface area contributed by atoms with Crippen LogP contribution in [0.25, 0.3) is 11.1 Å². The number of morpholine rings is 1. The van der Waals surface area contributed by atoms with Crippen LogP contribution in [-0.2, 0) is 11.3 Å². The topological polar surface area (TPSA) is 116 Å². The number of methoxy groups -OCH3 is 1. The first-order valence-corrected chi connectivity index (χ1v) is 15.1. The van der Waals surface area contributed by atoms with E-state index in [2.05, 4.69) is 40.6 Å². The zero-order chi connectivity index (χ0) is 30.5.